The van der Waals surface area contributed by atoms with Crippen molar-refractivity contribution in [1.29, 1.82) is 0 Å². The van der Waals surface area contributed by atoms with Crippen LogP contribution in [-0.4, -0.2) is 4.98 Å². The second-order valence-electron chi connectivity index (χ2n) is 4.07. The standard InChI is InChI=1S/C13H15FN2O/c1-8-6-11(4-5-12(8)14)15-7-13-16-9(2)10(3)17-13/h4-6,15H,7H2,1-3H3. The lowest BCUT2D eigenvalue weighted by Crippen LogP contribution is -2.00. The van der Waals surface area contributed by atoms with Crippen LogP contribution >= 0.6 is 0 Å². The largest absolute Gasteiger partial charge is 0.444 e. The number of nitrogens with zero attached hydrogens (tertiary/aromatic N) is 1. The number of hydrogen-bond acceptors (Lipinski definition) is 3. The number of nitrogens with one attached hydrogen (secondary N) is 1. The molecule has 1 heterocycles. The van der Waals surface area contributed by atoms with Crippen molar-refractivity contribution in [2.45, 2.75) is 27.3 Å². The molecule has 17 heavy (non-hydrogen) atoms. The van der Waals surface area contributed by atoms with Gasteiger partial charge in [-0.15, -0.1) is 0 Å². The van der Waals surface area contributed by atoms with Gasteiger partial charge in [-0.25, -0.2) is 9.37 Å². The molecule has 0 fully saturated rings. The van der Waals surface area contributed by atoms with E-state index in [1.54, 1.807) is 19.1 Å². The fraction of sp³-hybridized carbons (Fsp3) is 0.308. The number of rotatable bonds is 3. The molecule has 1 aromatic heterocycles. The second-order valence-corrected chi connectivity index (χ2v) is 4.07. The van der Waals surface area contributed by atoms with Crippen LogP contribution in [-0.2, 0) is 6.54 Å². The summed E-state index contributed by atoms with van der Waals surface area (Å²) in [7, 11) is 0. The van der Waals surface area contributed by atoms with Crippen LogP contribution in [0.25, 0.3) is 0 Å². The summed E-state index contributed by atoms with van der Waals surface area (Å²) in [4.78, 5) is 4.26. The molecule has 0 aliphatic carbocycles. The number of anilines is 1. The van der Waals surface area contributed by atoms with E-state index in [1.165, 1.54) is 6.07 Å². The lowest BCUT2D eigenvalue weighted by molar-refractivity contribution is 0.478. The van der Waals surface area contributed by atoms with Crippen molar-refractivity contribution < 1.29 is 8.81 Å². The van der Waals surface area contributed by atoms with Crippen molar-refractivity contribution in [3.63, 3.8) is 0 Å². The van der Waals surface area contributed by atoms with Gasteiger partial charge in [0.2, 0.25) is 5.89 Å². The van der Waals surface area contributed by atoms with E-state index in [9.17, 15) is 4.39 Å². The molecule has 0 radical (unpaired) electrons. The topological polar surface area (TPSA) is 38.1 Å². The van der Waals surface area contributed by atoms with Crippen molar-refractivity contribution in [3.05, 3.63) is 46.9 Å². The molecule has 0 saturated heterocycles. The minimum atomic E-state index is -0.196. The third-order valence-corrected chi connectivity index (χ3v) is 2.67. The Morgan fingerprint density at radius 2 is 2.06 bits per heavy atom. The van der Waals surface area contributed by atoms with Crippen molar-refractivity contribution in [2.24, 2.45) is 0 Å². The highest BCUT2D eigenvalue weighted by Crippen LogP contribution is 2.15. The van der Waals surface area contributed by atoms with Gasteiger partial charge < -0.3 is 9.73 Å². The van der Waals surface area contributed by atoms with Gasteiger partial charge in [0.15, 0.2) is 0 Å². The van der Waals surface area contributed by atoms with Crippen LogP contribution in [0.3, 0.4) is 0 Å². The zero-order chi connectivity index (χ0) is 12.4. The first-order chi connectivity index (χ1) is 8.06. The monoisotopic (exact) mass is 234 g/mol. The van der Waals surface area contributed by atoms with Gasteiger partial charge in [-0.3, -0.25) is 0 Å². The second kappa shape index (κ2) is 4.57. The normalized spacial score (nSPS) is 10.6. The van der Waals surface area contributed by atoms with Crippen LogP contribution in [0, 0.1) is 26.6 Å². The maximum absolute atomic E-state index is 13.1. The molecular formula is C13H15FN2O. The summed E-state index contributed by atoms with van der Waals surface area (Å²) < 4.78 is 18.5. The molecular weight excluding hydrogens is 219 g/mol. The van der Waals surface area contributed by atoms with Gasteiger partial charge in [-0.05, 0) is 44.5 Å². The van der Waals surface area contributed by atoms with Crippen LogP contribution in [0.5, 0.6) is 0 Å². The molecule has 0 amide bonds. The van der Waals surface area contributed by atoms with Gasteiger partial charge in [-0.2, -0.15) is 0 Å². The summed E-state index contributed by atoms with van der Waals surface area (Å²) in [6, 6.07) is 4.91. The van der Waals surface area contributed by atoms with Gasteiger partial charge >= 0.3 is 0 Å². The number of aryl methyl sites for hydroxylation is 3. The van der Waals surface area contributed by atoms with Crippen LogP contribution in [0.2, 0.25) is 0 Å². The molecule has 90 valence electrons. The molecule has 1 aromatic carbocycles. The SMILES string of the molecule is Cc1cc(NCc2nc(C)c(C)o2)ccc1F. The highest BCUT2D eigenvalue weighted by Gasteiger charge is 2.05. The highest BCUT2D eigenvalue weighted by atomic mass is 19.1. The first-order valence-electron chi connectivity index (χ1n) is 5.49. The van der Waals surface area contributed by atoms with Crippen LogP contribution in [0.15, 0.2) is 22.6 Å². The van der Waals surface area contributed by atoms with Crippen molar-refractivity contribution in [3.8, 4) is 0 Å². The predicted molar refractivity (Wildman–Crippen MR) is 64.4 cm³/mol. The van der Waals surface area contributed by atoms with E-state index in [-0.39, 0.29) is 5.82 Å². The summed E-state index contributed by atoms with van der Waals surface area (Å²) in [6.07, 6.45) is 0. The molecule has 2 rings (SSSR count). The van der Waals surface area contributed by atoms with Crippen LogP contribution in [0.1, 0.15) is 22.9 Å². The molecule has 0 aliphatic rings. The molecule has 4 heteroatoms. The lowest BCUT2D eigenvalue weighted by atomic mass is 10.2. The Balaban J connectivity index is 2.04. The van der Waals surface area contributed by atoms with Gasteiger partial charge in [-0.1, -0.05) is 0 Å². The number of benzene rings is 1. The average Bonchev–Trinajstić information content (AvgIpc) is 2.60. The van der Waals surface area contributed by atoms with E-state index < -0.39 is 0 Å². The molecule has 2 aromatic rings. The Kier molecular flexibility index (Phi) is 3.13. The Labute approximate surface area is 99.7 Å². The van der Waals surface area contributed by atoms with Crippen molar-refractivity contribution in [2.75, 3.05) is 5.32 Å². The first kappa shape index (κ1) is 11.6. The number of aromatic nitrogens is 1. The molecule has 0 spiro atoms. The molecule has 0 atom stereocenters. The van der Waals surface area contributed by atoms with E-state index in [2.05, 4.69) is 10.3 Å². The Morgan fingerprint density at radius 3 is 2.65 bits per heavy atom. The molecule has 0 unspecified atom stereocenters. The van der Waals surface area contributed by atoms with Gasteiger partial charge in [0, 0.05) is 5.69 Å². The summed E-state index contributed by atoms with van der Waals surface area (Å²) >= 11 is 0. The van der Waals surface area contributed by atoms with Crippen molar-refractivity contribution >= 4 is 5.69 Å². The summed E-state index contributed by atoms with van der Waals surface area (Å²) in [5.41, 5.74) is 2.38. The summed E-state index contributed by atoms with van der Waals surface area (Å²) in [5, 5.41) is 3.15. The predicted octanol–water partition coefficient (Wildman–Crippen LogP) is 3.35. The van der Waals surface area contributed by atoms with E-state index in [0.717, 1.165) is 17.1 Å². The Hall–Kier alpha value is -1.84. The third kappa shape index (κ3) is 2.64. The van der Waals surface area contributed by atoms with E-state index in [0.29, 0.717) is 18.0 Å². The molecule has 1 N–H and O–H groups in total. The van der Waals surface area contributed by atoms with Gasteiger partial charge in [0.1, 0.15) is 11.6 Å². The number of hydrogen-bond donors (Lipinski definition) is 1. The zero-order valence-electron chi connectivity index (χ0n) is 10.2. The van der Waals surface area contributed by atoms with Gasteiger partial charge in [0.25, 0.3) is 0 Å². The van der Waals surface area contributed by atoms with Crippen LogP contribution < -0.4 is 5.32 Å². The minimum Gasteiger partial charge on any atom is -0.444 e. The Bertz CT molecular complexity index is 515. The zero-order valence-corrected chi connectivity index (χ0v) is 10.2. The highest BCUT2D eigenvalue weighted by molar-refractivity contribution is 5.45. The first-order valence-corrected chi connectivity index (χ1v) is 5.49. The number of halogens is 1. The summed E-state index contributed by atoms with van der Waals surface area (Å²) in [5.74, 6) is 1.28. The molecule has 3 nitrogen and oxygen atoms in total. The molecule has 0 saturated carbocycles. The average molecular weight is 234 g/mol. The molecule has 0 bridgehead atoms. The van der Waals surface area contributed by atoms with Crippen molar-refractivity contribution in [1.82, 2.24) is 4.98 Å². The smallest absolute Gasteiger partial charge is 0.213 e. The summed E-state index contributed by atoms with van der Waals surface area (Å²) in [6.45, 7) is 6.03. The number of oxazole rings is 1. The fourth-order valence-corrected chi connectivity index (χ4v) is 1.55. The Morgan fingerprint density at radius 1 is 1.29 bits per heavy atom. The van der Waals surface area contributed by atoms with E-state index >= 15 is 0 Å². The quantitative estimate of drug-likeness (QED) is 0.885. The third-order valence-electron chi connectivity index (χ3n) is 2.67. The van der Waals surface area contributed by atoms with Crippen LogP contribution in [0.4, 0.5) is 10.1 Å². The van der Waals surface area contributed by atoms with Gasteiger partial charge in [0.05, 0.1) is 12.2 Å². The lowest BCUT2D eigenvalue weighted by Gasteiger charge is -2.05. The maximum Gasteiger partial charge on any atom is 0.213 e. The maximum atomic E-state index is 13.1. The fourth-order valence-electron chi connectivity index (χ4n) is 1.55. The van der Waals surface area contributed by atoms with E-state index in [4.69, 9.17) is 4.42 Å². The molecule has 0 aliphatic heterocycles. The minimum absolute atomic E-state index is 0.196. The van der Waals surface area contributed by atoms with E-state index in [1.807, 2.05) is 13.8 Å².